The highest BCUT2D eigenvalue weighted by atomic mass is 19.1. The van der Waals surface area contributed by atoms with E-state index in [1.807, 2.05) is 18.2 Å². The van der Waals surface area contributed by atoms with Crippen molar-refractivity contribution in [3.8, 4) is 11.5 Å². The van der Waals surface area contributed by atoms with Gasteiger partial charge in [-0.25, -0.2) is 4.39 Å². The Morgan fingerprint density at radius 3 is 2.63 bits per heavy atom. The van der Waals surface area contributed by atoms with Crippen LogP contribution in [0.1, 0.15) is 17.5 Å². The van der Waals surface area contributed by atoms with Gasteiger partial charge in [0.05, 0.1) is 19.9 Å². The van der Waals surface area contributed by atoms with E-state index in [1.54, 1.807) is 26.4 Å². The van der Waals surface area contributed by atoms with Crippen LogP contribution < -0.4 is 14.8 Å². The number of rotatable bonds is 7. The van der Waals surface area contributed by atoms with Gasteiger partial charge in [0.25, 0.3) is 5.91 Å². The normalized spacial score (nSPS) is 15.7. The molecule has 0 saturated heterocycles. The number of nitrogens with one attached hydrogen (secondary N) is 1. The van der Waals surface area contributed by atoms with Gasteiger partial charge in [-0.15, -0.1) is 0 Å². The van der Waals surface area contributed by atoms with Crippen LogP contribution >= 0.6 is 0 Å². The fourth-order valence-electron chi connectivity index (χ4n) is 2.81. The molecule has 27 heavy (non-hydrogen) atoms. The van der Waals surface area contributed by atoms with Gasteiger partial charge in [-0.2, -0.15) is 0 Å². The van der Waals surface area contributed by atoms with E-state index in [9.17, 15) is 9.18 Å². The van der Waals surface area contributed by atoms with Crippen LogP contribution in [-0.2, 0) is 16.1 Å². The minimum absolute atomic E-state index is 0.226. The molecular weight excluding hydrogens is 351 g/mol. The number of ether oxygens (including phenoxy) is 2. The van der Waals surface area contributed by atoms with Crippen molar-refractivity contribution >= 4 is 11.6 Å². The van der Waals surface area contributed by atoms with Gasteiger partial charge in [-0.05, 0) is 41.8 Å². The maximum Gasteiger partial charge on any atom is 0.264 e. The van der Waals surface area contributed by atoms with E-state index in [0.717, 1.165) is 11.1 Å². The van der Waals surface area contributed by atoms with Gasteiger partial charge in [0.1, 0.15) is 5.82 Å². The molecule has 0 fully saturated rings. The third-order valence-electron chi connectivity index (χ3n) is 4.30. The molecule has 1 heterocycles. The number of hydrogen-bond acceptors (Lipinski definition) is 5. The smallest absolute Gasteiger partial charge is 0.264 e. The predicted molar refractivity (Wildman–Crippen MR) is 98.7 cm³/mol. The summed E-state index contributed by atoms with van der Waals surface area (Å²) in [6.07, 6.45) is 0.327. The summed E-state index contributed by atoms with van der Waals surface area (Å²) in [6, 6.07) is 11.6. The van der Waals surface area contributed by atoms with Gasteiger partial charge in [0, 0.05) is 13.0 Å². The number of carbonyl (C=O) groups excluding carboxylic acids is 1. The van der Waals surface area contributed by atoms with Crippen molar-refractivity contribution in [3.63, 3.8) is 0 Å². The molecule has 1 N–H and O–H groups in total. The maximum atomic E-state index is 13.0. The second kappa shape index (κ2) is 8.53. The molecule has 0 bridgehead atoms. The zero-order valence-electron chi connectivity index (χ0n) is 15.2. The van der Waals surface area contributed by atoms with Crippen molar-refractivity contribution in [2.24, 2.45) is 5.16 Å². The number of oxime groups is 1. The first-order valence-corrected chi connectivity index (χ1v) is 8.58. The molecule has 6 nitrogen and oxygen atoms in total. The molecule has 1 aliphatic heterocycles. The van der Waals surface area contributed by atoms with Crippen LogP contribution in [0.15, 0.2) is 47.6 Å². The first-order chi connectivity index (χ1) is 13.1. The standard InChI is InChI=1S/C20H21FN2O4/c1-25-17-8-3-13(11-18(17)26-2)9-10-22-20(24)19-12-16(23-27-19)14-4-6-15(21)7-5-14/h3-8,11,19H,9-10,12H2,1-2H3,(H,22,24)/t19-/m0/s1. The molecule has 0 aliphatic carbocycles. The Kier molecular flexibility index (Phi) is 5.90. The number of amides is 1. The Bertz CT molecular complexity index is 836. The Hall–Kier alpha value is -3.09. The zero-order chi connectivity index (χ0) is 19.2. The van der Waals surface area contributed by atoms with Crippen LogP contribution in [-0.4, -0.2) is 38.5 Å². The molecule has 0 radical (unpaired) electrons. The van der Waals surface area contributed by atoms with Gasteiger partial charge in [0.15, 0.2) is 11.5 Å². The minimum atomic E-state index is -0.671. The number of halogens is 1. The maximum absolute atomic E-state index is 13.0. The second-order valence-corrected chi connectivity index (χ2v) is 6.07. The molecule has 0 aromatic heterocycles. The quantitative estimate of drug-likeness (QED) is 0.811. The fourth-order valence-corrected chi connectivity index (χ4v) is 2.81. The SMILES string of the molecule is COc1ccc(CCNC(=O)[C@@H]2CC(c3ccc(F)cc3)=NO2)cc1OC. The average molecular weight is 372 g/mol. The third kappa shape index (κ3) is 4.55. The van der Waals surface area contributed by atoms with Crippen molar-refractivity contribution in [2.45, 2.75) is 18.9 Å². The largest absolute Gasteiger partial charge is 0.493 e. The summed E-state index contributed by atoms with van der Waals surface area (Å²) in [5.74, 6) is 0.770. The Labute approximate surface area is 156 Å². The van der Waals surface area contributed by atoms with E-state index < -0.39 is 6.10 Å². The predicted octanol–water partition coefficient (Wildman–Crippen LogP) is 2.69. The number of carbonyl (C=O) groups is 1. The van der Waals surface area contributed by atoms with Crippen LogP contribution in [0.2, 0.25) is 0 Å². The van der Waals surface area contributed by atoms with Gasteiger partial charge < -0.3 is 19.6 Å². The number of methoxy groups -OCH3 is 2. The van der Waals surface area contributed by atoms with Gasteiger partial charge in [-0.3, -0.25) is 4.79 Å². The summed E-state index contributed by atoms with van der Waals surface area (Å²) in [7, 11) is 3.17. The van der Waals surface area contributed by atoms with Crippen molar-refractivity contribution in [1.82, 2.24) is 5.32 Å². The van der Waals surface area contributed by atoms with Gasteiger partial charge in [0.2, 0.25) is 6.10 Å². The first kappa shape index (κ1) is 18.7. The molecule has 2 aromatic rings. The van der Waals surface area contributed by atoms with E-state index in [1.165, 1.54) is 12.1 Å². The topological polar surface area (TPSA) is 69.2 Å². The van der Waals surface area contributed by atoms with E-state index in [2.05, 4.69) is 10.5 Å². The molecule has 2 aromatic carbocycles. The summed E-state index contributed by atoms with van der Waals surface area (Å²) in [5, 5.41) is 6.80. The summed E-state index contributed by atoms with van der Waals surface area (Å²) in [5.41, 5.74) is 2.40. The van der Waals surface area contributed by atoms with E-state index in [0.29, 0.717) is 36.6 Å². The molecule has 0 spiro atoms. The molecular formula is C20H21FN2O4. The number of hydrogen-bond donors (Lipinski definition) is 1. The number of benzene rings is 2. The molecule has 142 valence electrons. The molecule has 1 atom stereocenters. The first-order valence-electron chi connectivity index (χ1n) is 8.58. The van der Waals surface area contributed by atoms with E-state index >= 15 is 0 Å². The Morgan fingerprint density at radius 2 is 1.93 bits per heavy atom. The molecule has 0 unspecified atom stereocenters. The van der Waals surface area contributed by atoms with Crippen molar-refractivity contribution in [1.29, 1.82) is 0 Å². The Morgan fingerprint density at radius 1 is 1.19 bits per heavy atom. The van der Waals surface area contributed by atoms with Gasteiger partial charge >= 0.3 is 0 Å². The fraction of sp³-hybridized carbons (Fsp3) is 0.300. The second-order valence-electron chi connectivity index (χ2n) is 6.07. The third-order valence-corrected chi connectivity index (χ3v) is 4.30. The highest BCUT2D eigenvalue weighted by molar-refractivity contribution is 6.04. The molecule has 1 aliphatic rings. The average Bonchev–Trinajstić information content (AvgIpc) is 3.18. The highest BCUT2D eigenvalue weighted by Crippen LogP contribution is 2.27. The van der Waals surface area contributed by atoms with Crippen molar-refractivity contribution < 1.29 is 23.5 Å². The van der Waals surface area contributed by atoms with E-state index in [4.69, 9.17) is 14.3 Å². The van der Waals surface area contributed by atoms with Crippen LogP contribution in [0.3, 0.4) is 0 Å². The van der Waals surface area contributed by atoms with Crippen molar-refractivity contribution in [3.05, 3.63) is 59.4 Å². The molecule has 1 amide bonds. The lowest BCUT2D eigenvalue weighted by atomic mass is 10.0. The summed E-state index contributed by atoms with van der Waals surface area (Å²) in [4.78, 5) is 17.5. The molecule has 3 rings (SSSR count). The lowest BCUT2D eigenvalue weighted by molar-refractivity contribution is -0.131. The minimum Gasteiger partial charge on any atom is -0.493 e. The lowest BCUT2D eigenvalue weighted by Gasteiger charge is -2.11. The van der Waals surface area contributed by atoms with Gasteiger partial charge in [-0.1, -0.05) is 23.4 Å². The van der Waals surface area contributed by atoms with Crippen LogP contribution in [0.5, 0.6) is 11.5 Å². The summed E-state index contributed by atoms with van der Waals surface area (Å²) in [6.45, 7) is 0.458. The van der Waals surface area contributed by atoms with E-state index in [-0.39, 0.29) is 11.7 Å². The van der Waals surface area contributed by atoms with Crippen LogP contribution in [0, 0.1) is 5.82 Å². The monoisotopic (exact) mass is 372 g/mol. The lowest BCUT2D eigenvalue weighted by Crippen LogP contribution is -2.36. The highest BCUT2D eigenvalue weighted by Gasteiger charge is 2.28. The van der Waals surface area contributed by atoms with Crippen LogP contribution in [0.4, 0.5) is 4.39 Å². The summed E-state index contributed by atoms with van der Waals surface area (Å²) >= 11 is 0. The molecule has 7 heteroatoms. The number of nitrogens with zero attached hydrogens (tertiary/aromatic N) is 1. The van der Waals surface area contributed by atoms with Crippen molar-refractivity contribution in [2.75, 3.05) is 20.8 Å². The zero-order valence-corrected chi connectivity index (χ0v) is 15.2. The molecule has 0 saturated carbocycles. The Balaban J connectivity index is 1.48. The van der Waals surface area contributed by atoms with Crippen LogP contribution in [0.25, 0.3) is 0 Å². The summed E-state index contributed by atoms with van der Waals surface area (Å²) < 4.78 is 23.5.